The number of aromatic nitrogens is 1. The normalized spacial score (nSPS) is 13.6. The van der Waals surface area contributed by atoms with Gasteiger partial charge in [0.25, 0.3) is 0 Å². The maximum Gasteiger partial charge on any atom is 0.0935 e. The Labute approximate surface area is 67.3 Å². The van der Waals surface area contributed by atoms with E-state index >= 15 is 0 Å². The summed E-state index contributed by atoms with van der Waals surface area (Å²) in [6.45, 7) is 2.13. The quantitative estimate of drug-likeness (QED) is 0.677. The van der Waals surface area contributed by atoms with Crippen molar-refractivity contribution >= 4 is 27.3 Å². The molecule has 0 aromatic carbocycles. The summed E-state index contributed by atoms with van der Waals surface area (Å²) in [5.41, 5.74) is 0. The van der Waals surface area contributed by atoms with Crippen molar-refractivity contribution in [3.63, 3.8) is 0 Å². The molecule has 3 heteroatoms. The molecule has 0 saturated heterocycles. The molecule has 1 nitrogen and oxygen atoms in total. The number of thiazole rings is 1. The van der Waals surface area contributed by atoms with Gasteiger partial charge in [0.2, 0.25) is 0 Å². The molecule has 0 N–H and O–H groups in total. The van der Waals surface area contributed by atoms with Gasteiger partial charge in [-0.15, -0.1) is 11.3 Å². The van der Waals surface area contributed by atoms with Crippen molar-refractivity contribution in [3.8, 4) is 0 Å². The van der Waals surface area contributed by atoms with Crippen LogP contribution < -0.4 is 0 Å². The van der Waals surface area contributed by atoms with Crippen LogP contribution >= 0.6 is 27.3 Å². The van der Waals surface area contributed by atoms with Crippen LogP contribution in [-0.2, 0) is 6.42 Å². The molecule has 1 aromatic heterocycles. The van der Waals surface area contributed by atoms with E-state index in [1.54, 1.807) is 11.3 Å². The van der Waals surface area contributed by atoms with Gasteiger partial charge in [-0.1, -0.05) is 22.9 Å². The van der Waals surface area contributed by atoms with Crippen molar-refractivity contribution in [2.75, 3.05) is 0 Å². The lowest BCUT2D eigenvalue weighted by atomic mass is 10.4. The van der Waals surface area contributed by atoms with Crippen LogP contribution in [0.3, 0.4) is 0 Å². The minimum Gasteiger partial charge on any atom is -0.250 e. The molecule has 1 aromatic rings. The van der Waals surface area contributed by atoms with Crippen LogP contribution in [0.15, 0.2) is 11.6 Å². The molecule has 50 valence electrons. The molecule has 0 bridgehead atoms. The van der Waals surface area contributed by atoms with Gasteiger partial charge in [-0.2, -0.15) is 0 Å². The van der Waals surface area contributed by atoms with E-state index in [0.29, 0.717) is 4.83 Å². The largest absolute Gasteiger partial charge is 0.250 e. The van der Waals surface area contributed by atoms with Crippen LogP contribution in [-0.4, -0.2) is 9.81 Å². The molecule has 0 fully saturated rings. The summed E-state index contributed by atoms with van der Waals surface area (Å²) in [4.78, 5) is 4.69. The third kappa shape index (κ3) is 2.45. The smallest absolute Gasteiger partial charge is 0.0935 e. The summed E-state index contributed by atoms with van der Waals surface area (Å²) < 4.78 is 0. The van der Waals surface area contributed by atoms with Crippen molar-refractivity contribution in [1.29, 1.82) is 0 Å². The predicted molar refractivity (Wildman–Crippen MR) is 44.2 cm³/mol. The van der Waals surface area contributed by atoms with Crippen LogP contribution in [0.5, 0.6) is 0 Å². The minimum absolute atomic E-state index is 0.545. The summed E-state index contributed by atoms with van der Waals surface area (Å²) in [6, 6.07) is 0. The molecule has 1 heterocycles. The number of hydrogen-bond acceptors (Lipinski definition) is 2. The van der Waals surface area contributed by atoms with E-state index in [2.05, 4.69) is 27.8 Å². The summed E-state index contributed by atoms with van der Waals surface area (Å²) in [6.07, 6.45) is 2.88. The first-order valence-electron chi connectivity index (χ1n) is 2.81. The molecule has 0 spiro atoms. The Morgan fingerprint density at radius 1 is 1.89 bits per heavy atom. The van der Waals surface area contributed by atoms with Crippen molar-refractivity contribution in [1.82, 2.24) is 4.98 Å². The minimum atomic E-state index is 0.545. The fraction of sp³-hybridized carbons (Fsp3) is 0.500. The van der Waals surface area contributed by atoms with Gasteiger partial charge in [-0.05, 0) is 0 Å². The highest BCUT2D eigenvalue weighted by molar-refractivity contribution is 9.09. The highest BCUT2D eigenvalue weighted by Crippen LogP contribution is 2.10. The molecule has 0 aliphatic rings. The number of halogens is 1. The average Bonchev–Trinajstić information content (AvgIpc) is 2.15. The molecule has 1 rings (SSSR count). The van der Waals surface area contributed by atoms with Gasteiger partial charge in [-0.25, -0.2) is 4.98 Å². The summed E-state index contributed by atoms with van der Waals surface area (Å²) in [5, 5.41) is 3.21. The van der Waals surface area contributed by atoms with Crippen LogP contribution in [0.4, 0.5) is 0 Å². The van der Waals surface area contributed by atoms with E-state index in [-0.39, 0.29) is 0 Å². The second-order valence-electron chi connectivity index (χ2n) is 1.91. The van der Waals surface area contributed by atoms with Crippen LogP contribution in [0.2, 0.25) is 0 Å². The van der Waals surface area contributed by atoms with Crippen molar-refractivity contribution in [2.45, 2.75) is 18.2 Å². The van der Waals surface area contributed by atoms with Gasteiger partial charge in [0.05, 0.1) is 5.01 Å². The zero-order valence-corrected chi connectivity index (χ0v) is 7.58. The highest BCUT2D eigenvalue weighted by atomic mass is 79.9. The zero-order chi connectivity index (χ0) is 6.69. The van der Waals surface area contributed by atoms with Crippen LogP contribution in [0.25, 0.3) is 0 Å². The Kier molecular flexibility index (Phi) is 2.66. The molecule has 9 heavy (non-hydrogen) atoms. The summed E-state index contributed by atoms with van der Waals surface area (Å²) >= 11 is 5.17. The Balaban J connectivity index is 2.48. The lowest BCUT2D eigenvalue weighted by molar-refractivity contribution is 0.944. The summed E-state index contributed by atoms with van der Waals surface area (Å²) in [5.74, 6) is 0. The third-order valence-corrected chi connectivity index (χ3v) is 2.07. The molecule has 0 amide bonds. The van der Waals surface area contributed by atoms with Gasteiger partial charge in [-0.3, -0.25) is 0 Å². The molecule has 0 aliphatic heterocycles. The van der Waals surface area contributed by atoms with Gasteiger partial charge in [0.1, 0.15) is 0 Å². The second-order valence-corrected chi connectivity index (χ2v) is 4.45. The maximum atomic E-state index is 4.14. The Hall–Kier alpha value is 0.110. The van der Waals surface area contributed by atoms with Crippen LogP contribution in [0, 0.1) is 0 Å². The fourth-order valence-electron chi connectivity index (χ4n) is 0.594. The van der Waals surface area contributed by atoms with Crippen LogP contribution in [0.1, 0.15) is 11.9 Å². The Morgan fingerprint density at radius 3 is 3.11 bits per heavy atom. The van der Waals surface area contributed by atoms with Gasteiger partial charge >= 0.3 is 0 Å². The van der Waals surface area contributed by atoms with Crippen molar-refractivity contribution in [2.24, 2.45) is 0 Å². The first kappa shape index (κ1) is 7.22. The van der Waals surface area contributed by atoms with E-state index in [4.69, 9.17) is 0 Å². The standard InChI is InChI=1S/C6H8BrNS/c1-5(7)4-6-8-2-3-9-6/h2-3,5H,4H2,1H3/t5-/m0/s1. The number of hydrogen-bond donors (Lipinski definition) is 0. The van der Waals surface area contributed by atoms with E-state index in [1.807, 2.05) is 11.6 Å². The monoisotopic (exact) mass is 205 g/mol. The maximum absolute atomic E-state index is 4.14. The number of rotatable bonds is 2. The molecule has 0 unspecified atom stereocenters. The summed E-state index contributed by atoms with van der Waals surface area (Å²) in [7, 11) is 0. The lowest BCUT2D eigenvalue weighted by Gasteiger charge is -1.95. The number of nitrogens with zero attached hydrogens (tertiary/aromatic N) is 1. The SMILES string of the molecule is C[C@H](Br)Cc1nccs1. The molecular formula is C6H8BrNS. The highest BCUT2D eigenvalue weighted by Gasteiger charge is 1.99. The van der Waals surface area contributed by atoms with Gasteiger partial charge in [0, 0.05) is 22.8 Å². The van der Waals surface area contributed by atoms with Gasteiger partial charge in [0.15, 0.2) is 0 Å². The zero-order valence-electron chi connectivity index (χ0n) is 5.17. The molecule has 0 radical (unpaired) electrons. The number of alkyl halides is 1. The lowest BCUT2D eigenvalue weighted by Crippen LogP contribution is -1.94. The van der Waals surface area contributed by atoms with E-state index in [9.17, 15) is 0 Å². The predicted octanol–water partition coefficient (Wildman–Crippen LogP) is 2.47. The van der Waals surface area contributed by atoms with Gasteiger partial charge < -0.3 is 0 Å². The first-order valence-corrected chi connectivity index (χ1v) is 4.61. The molecule has 1 atom stereocenters. The van der Waals surface area contributed by atoms with E-state index in [0.717, 1.165) is 6.42 Å². The first-order chi connectivity index (χ1) is 4.29. The second kappa shape index (κ2) is 3.32. The third-order valence-electron chi connectivity index (χ3n) is 0.939. The topological polar surface area (TPSA) is 12.9 Å². The van der Waals surface area contributed by atoms with Crippen molar-refractivity contribution < 1.29 is 0 Å². The van der Waals surface area contributed by atoms with Crippen molar-refractivity contribution in [3.05, 3.63) is 16.6 Å². The molecule has 0 aliphatic carbocycles. The van der Waals surface area contributed by atoms with E-state index in [1.165, 1.54) is 5.01 Å². The average molecular weight is 206 g/mol. The Bertz CT molecular complexity index is 160. The van der Waals surface area contributed by atoms with E-state index < -0.39 is 0 Å². The Morgan fingerprint density at radius 2 is 2.67 bits per heavy atom. The molecular weight excluding hydrogens is 198 g/mol. The fourth-order valence-corrected chi connectivity index (χ4v) is 1.86. The molecule has 0 saturated carbocycles.